The maximum atomic E-state index is 12.3. The van der Waals surface area contributed by atoms with Gasteiger partial charge in [0.25, 0.3) is 0 Å². The third-order valence-electron chi connectivity index (χ3n) is 3.83. The number of rotatable bonds is 2. The van der Waals surface area contributed by atoms with Gasteiger partial charge in [-0.2, -0.15) is 0 Å². The molecule has 1 aliphatic heterocycles. The van der Waals surface area contributed by atoms with Crippen LogP contribution in [0.4, 0.5) is 0 Å². The largest absolute Gasteiger partial charge is 0.342 e. The highest BCUT2D eigenvalue weighted by atomic mass is 16.2. The average Bonchev–Trinajstić information content (AvgIpc) is 2.26. The fourth-order valence-electron chi connectivity index (χ4n) is 2.12. The predicted molar refractivity (Wildman–Crippen MR) is 67.3 cm³/mol. The van der Waals surface area contributed by atoms with Crippen LogP contribution in [-0.2, 0) is 4.79 Å². The Bertz CT molecular complexity index is 239. The van der Waals surface area contributed by atoms with E-state index in [2.05, 4.69) is 33.0 Å². The fourth-order valence-corrected chi connectivity index (χ4v) is 2.12. The second-order valence-corrected chi connectivity index (χ2v) is 6.03. The highest BCUT2D eigenvalue weighted by Crippen LogP contribution is 2.25. The van der Waals surface area contributed by atoms with Crippen LogP contribution in [0.3, 0.4) is 0 Å². The maximum absolute atomic E-state index is 12.3. The first-order chi connectivity index (χ1) is 7.34. The quantitative estimate of drug-likeness (QED) is 0.779. The summed E-state index contributed by atoms with van der Waals surface area (Å²) in [5.74, 6) is 0.484. The van der Waals surface area contributed by atoms with E-state index in [9.17, 15) is 4.79 Å². The van der Waals surface area contributed by atoms with Crippen LogP contribution in [0, 0.1) is 11.3 Å². The molecule has 1 amide bonds. The molecule has 16 heavy (non-hydrogen) atoms. The molecule has 1 saturated heterocycles. The van der Waals surface area contributed by atoms with Gasteiger partial charge >= 0.3 is 0 Å². The van der Waals surface area contributed by atoms with E-state index in [1.165, 1.54) is 0 Å². The molecule has 0 radical (unpaired) electrons. The number of nitrogens with zero attached hydrogens (tertiary/aromatic N) is 1. The van der Waals surface area contributed by atoms with E-state index in [1.807, 2.05) is 11.9 Å². The van der Waals surface area contributed by atoms with Crippen molar-refractivity contribution in [1.82, 2.24) is 10.2 Å². The van der Waals surface area contributed by atoms with Gasteiger partial charge < -0.3 is 10.2 Å². The summed E-state index contributed by atoms with van der Waals surface area (Å²) in [4.78, 5) is 14.2. The molecule has 0 aromatic heterocycles. The molecular formula is C13H26N2O. The van der Waals surface area contributed by atoms with Crippen LogP contribution < -0.4 is 5.32 Å². The monoisotopic (exact) mass is 226 g/mol. The van der Waals surface area contributed by atoms with Gasteiger partial charge in [-0.1, -0.05) is 20.8 Å². The zero-order valence-electron chi connectivity index (χ0n) is 11.3. The van der Waals surface area contributed by atoms with Crippen LogP contribution in [-0.4, -0.2) is 37.0 Å². The molecule has 0 aliphatic carbocycles. The molecule has 0 saturated carbocycles. The molecule has 2 atom stereocenters. The summed E-state index contributed by atoms with van der Waals surface area (Å²) < 4.78 is 0. The van der Waals surface area contributed by atoms with Crippen molar-refractivity contribution in [2.24, 2.45) is 11.3 Å². The van der Waals surface area contributed by atoms with E-state index in [1.54, 1.807) is 0 Å². The van der Waals surface area contributed by atoms with Gasteiger partial charge in [-0.25, -0.2) is 0 Å². The molecule has 1 heterocycles. The first-order valence-corrected chi connectivity index (χ1v) is 6.31. The first-order valence-electron chi connectivity index (χ1n) is 6.31. The summed E-state index contributed by atoms with van der Waals surface area (Å²) in [6.45, 7) is 10.6. The van der Waals surface area contributed by atoms with Gasteiger partial charge in [0.05, 0.1) is 5.92 Å². The molecule has 0 aromatic carbocycles. The standard InChI is InChI=1S/C13H26N2O/c1-10(13(2,3)4)15(5)12(16)11-7-6-8-14-9-11/h10-11,14H,6-9H2,1-5H3. The van der Waals surface area contributed by atoms with Crippen molar-refractivity contribution in [1.29, 1.82) is 0 Å². The molecule has 1 fully saturated rings. The van der Waals surface area contributed by atoms with Crippen LogP contribution >= 0.6 is 0 Å². The zero-order valence-corrected chi connectivity index (χ0v) is 11.3. The van der Waals surface area contributed by atoms with Gasteiger partial charge in [0.2, 0.25) is 5.91 Å². The van der Waals surface area contributed by atoms with E-state index in [0.717, 1.165) is 25.9 Å². The maximum Gasteiger partial charge on any atom is 0.226 e. The molecule has 3 nitrogen and oxygen atoms in total. The van der Waals surface area contributed by atoms with E-state index in [4.69, 9.17) is 0 Å². The summed E-state index contributed by atoms with van der Waals surface area (Å²) in [5, 5.41) is 3.30. The van der Waals surface area contributed by atoms with Crippen LogP contribution in [0.2, 0.25) is 0 Å². The van der Waals surface area contributed by atoms with Crippen LogP contribution in [0.15, 0.2) is 0 Å². The van der Waals surface area contributed by atoms with E-state index in [0.29, 0.717) is 5.91 Å². The lowest BCUT2D eigenvalue weighted by Crippen LogP contribution is -2.48. The molecule has 1 N–H and O–H groups in total. The Labute approximate surface area is 99.6 Å². The van der Waals surface area contributed by atoms with Gasteiger partial charge in [-0.15, -0.1) is 0 Å². The fraction of sp³-hybridized carbons (Fsp3) is 0.923. The lowest BCUT2D eigenvalue weighted by molar-refractivity contribution is -0.138. The number of nitrogens with one attached hydrogen (secondary N) is 1. The molecule has 94 valence electrons. The number of hydrogen-bond acceptors (Lipinski definition) is 2. The average molecular weight is 226 g/mol. The highest BCUT2D eigenvalue weighted by molar-refractivity contribution is 5.79. The van der Waals surface area contributed by atoms with Crippen molar-refractivity contribution >= 4 is 5.91 Å². The minimum atomic E-state index is 0.145. The third kappa shape index (κ3) is 3.21. The second kappa shape index (κ2) is 5.17. The van der Waals surface area contributed by atoms with Crippen molar-refractivity contribution in [2.75, 3.05) is 20.1 Å². The molecule has 0 bridgehead atoms. The Hall–Kier alpha value is -0.570. The molecule has 1 aliphatic rings. The van der Waals surface area contributed by atoms with E-state index in [-0.39, 0.29) is 17.4 Å². The summed E-state index contributed by atoms with van der Waals surface area (Å²) in [7, 11) is 1.94. The third-order valence-corrected chi connectivity index (χ3v) is 3.83. The minimum Gasteiger partial charge on any atom is -0.342 e. The van der Waals surface area contributed by atoms with Gasteiger partial charge in [0.15, 0.2) is 0 Å². The van der Waals surface area contributed by atoms with Crippen LogP contribution in [0.25, 0.3) is 0 Å². The number of amides is 1. The smallest absolute Gasteiger partial charge is 0.226 e. The molecule has 2 unspecified atom stereocenters. The minimum absolute atomic E-state index is 0.145. The van der Waals surface area contributed by atoms with Gasteiger partial charge in [-0.3, -0.25) is 4.79 Å². The van der Waals surface area contributed by atoms with Gasteiger partial charge in [-0.05, 0) is 31.7 Å². The summed E-state index contributed by atoms with van der Waals surface area (Å²) in [6, 6.07) is 0.280. The molecule has 1 rings (SSSR count). The normalized spacial score (nSPS) is 23.9. The number of carbonyl (C=O) groups is 1. The first kappa shape index (κ1) is 13.5. The topological polar surface area (TPSA) is 32.3 Å². The van der Waals surface area contributed by atoms with Crippen molar-refractivity contribution in [2.45, 2.75) is 46.6 Å². The molecule has 0 spiro atoms. The molecular weight excluding hydrogens is 200 g/mol. The van der Waals surface area contributed by atoms with Crippen LogP contribution in [0.5, 0.6) is 0 Å². The zero-order chi connectivity index (χ0) is 12.3. The van der Waals surface area contributed by atoms with Gasteiger partial charge in [0, 0.05) is 19.6 Å². The molecule has 0 aromatic rings. The van der Waals surface area contributed by atoms with E-state index >= 15 is 0 Å². The Morgan fingerprint density at radius 3 is 2.50 bits per heavy atom. The lowest BCUT2D eigenvalue weighted by Gasteiger charge is -2.38. The Morgan fingerprint density at radius 1 is 1.44 bits per heavy atom. The van der Waals surface area contributed by atoms with Crippen molar-refractivity contribution in [3.05, 3.63) is 0 Å². The summed E-state index contributed by atoms with van der Waals surface area (Å²) in [5.41, 5.74) is 0.145. The number of piperidine rings is 1. The van der Waals surface area contributed by atoms with Crippen molar-refractivity contribution in [3.63, 3.8) is 0 Å². The molecule has 3 heteroatoms. The van der Waals surface area contributed by atoms with Crippen molar-refractivity contribution in [3.8, 4) is 0 Å². The highest BCUT2D eigenvalue weighted by Gasteiger charge is 2.31. The van der Waals surface area contributed by atoms with Crippen molar-refractivity contribution < 1.29 is 4.79 Å². The summed E-state index contributed by atoms with van der Waals surface area (Å²) in [6.07, 6.45) is 2.15. The van der Waals surface area contributed by atoms with E-state index < -0.39 is 0 Å². The van der Waals surface area contributed by atoms with Crippen LogP contribution in [0.1, 0.15) is 40.5 Å². The summed E-state index contributed by atoms with van der Waals surface area (Å²) >= 11 is 0. The predicted octanol–water partition coefficient (Wildman–Crippen LogP) is 1.88. The SMILES string of the molecule is CC(N(C)C(=O)C1CCCNC1)C(C)(C)C. The number of carbonyl (C=O) groups excluding carboxylic acids is 1. The Balaban J connectivity index is 2.58. The Kier molecular flexibility index (Phi) is 4.36. The second-order valence-electron chi connectivity index (χ2n) is 6.03. The Morgan fingerprint density at radius 2 is 2.06 bits per heavy atom. The number of hydrogen-bond donors (Lipinski definition) is 1. The van der Waals surface area contributed by atoms with Gasteiger partial charge in [0.1, 0.15) is 0 Å². The lowest BCUT2D eigenvalue weighted by atomic mass is 9.86.